The van der Waals surface area contributed by atoms with Crippen LogP contribution in [0.3, 0.4) is 0 Å². The molecule has 0 saturated carbocycles. The number of nitrogens with zero attached hydrogens (tertiary/aromatic N) is 1. The highest BCUT2D eigenvalue weighted by atomic mass is 16.5. The number of esters is 1. The molecule has 0 spiro atoms. The van der Waals surface area contributed by atoms with Crippen LogP contribution in [0.4, 0.5) is 10.5 Å². The molecule has 0 unspecified atom stereocenters. The second kappa shape index (κ2) is 9.60. The number of benzene rings is 2. The Balaban J connectivity index is 1.86. The molecule has 4 amide bonds. The lowest BCUT2D eigenvalue weighted by molar-refractivity contribution is -0.134. The van der Waals surface area contributed by atoms with Gasteiger partial charge in [-0.25, -0.2) is 9.59 Å². The van der Waals surface area contributed by atoms with Crippen molar-refractivity contribution in [1.82, 2.24) is 10.2 Å². The van der Waals surface area contributed by atoms with E-state index in [4.69, 9.17) is 14.2 Å². The Morgan fingerprint density at radius 3 is 2.24 bits per heavy atom. The van der Waals surface area contributed by atoms with E-state index < -0.39 is 35.9 Å². The number of urea groups is 1. The molecule has 0 radical (unpaired) electrons. The van der Waals surface area contributed by atoms with Crippen LogP contribution in [-0.4, -0.2) is 56.6 Å². The molecule has 174 valence electrons. The van der Waals surface area contributed by atoms with Crippen LogP contribution in [0, 0.1) is 0 Å². The Morgan fingerprint density at radius 2 is 1.67 bits per heavy atom. The number of ether oxygens (including phenoxy) is 3. The molecule has 2 N–H and O–H groups in total. The van der Waals surface area contributed by atoms with E-state index in [9.17, 15) is 19.2 Å². The van der Waals surface area contributed by atoms with Gasteiger partial charge in [-0.1, -0.05) is 37.3 Å². The summed E-state index contributed by atoms with van der Waals surface area (Å²) in [6.45, 7) is 1.23. The highest BCUT2D eigenvalue weighted by Crippen LogP contribution is 2.35. The first kappa shape index (κ1) is 23.6. The van der Waals surface area contributed by atoms with Crippen molar-refractivity contribution in [3.05, 3.63) is 53.6 Å². The Morgan fingerprint density at radius 1 is 1.03 bits per heavy atom. The van der Waals surface area contributed by atoms with Crippen molar-refractivity contribution >= 4 is 29.5 Å². The number of carbonyl (C=O) groups excluding carboxylic acids is 4. The minimum Gasteiger partial charge on any atom is -0.493 e. The van der Waals surface area contributed by atoms with Gasteiger partial charge in [-0.2, -0.15) is 0 Å². The van der Waals surface area contributed by atoms with Crippen LogP contribution in [-0.2, 0) is 19.9 Å². The van der Waals surface area contributed by atoms with Gasteiger partial charge in [0.05, 0.1) is 32.6 Å². The van der Waals surface area contributed by atoms with Crippen molar-refractivity contribution in [3.63, 3.8) is 0 Å². The molecule has 2 aromatic rings. The monoisotopic (exact) mass is 455 g/mol. The highest BCUT2D eigenvalue weighted by molar-refractivity contribution is 6.11. The predicted octanol–water partition coefficient (Wildman–Crippen LogP) is 2.29. The Bertz CT molecular complexity index is 1090. The van der Waals surface area contributed by atoms with Crippen LogP contribution in [0.15, 0.2) is 42.5 Å². The number of hydrogen-bond donors (Lipinski definition) is 2. The largest absolute Gasteiger partial charge is 0.493 e. The smallest absolute Gasteiger partial charge is 0.340 e. The fraction of sp³-hybridized carbons (Fsp3) is 0.304. The van der Waals surface area contributed by atoms with E-state index in [1.165, 1.54) is 33.5 Å². The van der Waals surface area contributed by atoms with Crippen molar-refractivity contribution in [1.29, 1.82) is 0 Å². The van der Waals surface area contributed by atoms with Crippen molar-refractivity contribution in [2.24, 2.45) is 0 Å². The molecule has 1 heterocycles. The van der Waals surface area contributed by atoms with Gasteiger partial charge in [0.2, 0.25) is 5.91 Å². The molecule has 0 aliphatic carbocycles. The third kappa shape index (κ3) is 4.32. The number of amides is 4. The minimum atomic E-state index is -1.25. The highest BCUT2D eigenvalue weighted by Gasteiger charge is 2.51. The first-order valence-electron chi connectivity index (χ1n) is 10.1. The van der Waals surface area contributed by atoms with Crippen molar-refractivity contribution in [2.75, 3.05) is 33.2 Å². The summed E-state index contributed by atoms with van der Waals surface area (Å²) < 4.78 is 15.2. The van der Waals surface area contributed by atoms with Gasteiger partial charge in [0.15, 0.2) is 11.5 Å². The second-order valence-corrected chi connectivity index (χ2v) is 7.24. The molecule has 10 nitrogen and oxygen atoms in total. The molecule has 1 atom stereocenters. The summed E-state index contributed by atoms with van der Waals surface area (Å²) in [5, 5.41) is 5.28. The standard InChI is InChI=1S/C23H25N3O7/c1-5-23(14-9-7-6-8-10-14)21(29)26(22(30)25-23)13-19(27)24-16-12-18(32-3)17(31-2)11-15(16)20(28)33-4/h6-12H,5,13H2,1-4H3,(H,24,27)(H,25,30)/t23-/m0/s1. The van der Waals surface area contributed by atoms with Crippen LogP contribution >= 0.6 is 0 Å². The van der Waals surface area contributed by atoms with Gasteiger partial charge in [0.1, 0.15) is 12.1 Å². The fourth-order valence-electron chi connectivity index (χ4n) is 3.73. The lowest BCUT2D eigenvalue weighted by Gasteiger charge is -2.25. The minimum absolute atomic E-state index is 0.0212. The van der Waals surface area contributed by atoms with Crippen LogP contribution in [0.25, 0.3) is 0 Å². The Kier molecular flexibility index (Phi) is 6.86. The lowest BCUT2D eigenvalue weighted by Crippen LogP contribution is -2.44. The molecule has 10 heteroatoms. The summed E-state index contributed by atoms with van der Waals surface area (Å²) in [6, 6.07) is 10.9. The zero-order valence-corrected chi connectivity index (χ0v) is 18.8. The molecule has 0 bridgehead atoms. The summed E-state index contributed by atoms with van der Waals surface area (Å²) in [7, 11) is 4.01. The van der Waals surface area contributed by atoms with Gasteiger partial charge in [-0.05, 0) is 12.0 Å². The zero-order valence-electron chi connectivity index (χ0n) is 18.8. The maximum Gasteiger partial charge on any atom is 0.340 e. The number of nitrogens with one attached hydrogen (secondary N) is 2. The molecule has 3 rings (SSSR count). The number of imide groups is 1. The first-order chi connectivity index (χ1) is 15.8. The molecule has 1 fully saturated rings. The number of methoxy groups -OCH3 is 3. The predicted molar refractivity (Wildman–Crippen MR) is 118 cm³/mol. The van der Waals surface area contributed by atoms with Gasteiger partial charge < -0.3 is 24.8 Å². The Labute approximate surface area is 190 Å². The van der Waals surface area contributed by atoms with E-state index in [1.807, 2.05) is 0 Å². The first-order valence-corrected chi connectivity index (χ1v) is 10.1. The Hall–Kier alpha value is -4.08. The number of rotatable bonds is 8. The molecule has 2 aromatic carbocycles. The zero-order chi connectivity index (χ0) is 24.2. The molecule has 1 saturated heterocycles. The normalized spacial score (nSPS) is 17.4. The third-order valence-corrected chi connectivity index (χ3v) is 5.48. The van der Waals surface area contributed by atoms with Crippen LogP contribution in [0.5, 0.6) is 11.5 Å². The third-order valence-electron chi connectivity index (χ3n) is 5.48. The maximum atomic E-state index is 13.2. The van der Waals surface area contributed by atoms with E-state index >= 15 is 0 Å². The van der Waals surface area contributed by atoms with Crippen LogP contribution in [0.1, 0.15) is 29.3 Å². The number of anilines is 1. The molecule has 1 aliphatic rings. The van der Waals surface area contributed by atoms with E-state index in [2.05, 4.69) is 10.6 Å². The SMILES string of the molecule is CC[C@@]1(c2ccccc2)NC(=O)N(CC(=O)Nc2cc(OC)c(OC)cc2C(=O)OC)C1=O. The van der Waals surface area contributed by atoms with E-state index in [0.717, 1.165) is 4.90 Å². The van der Waals surface area contributed by atoms with E-state index in [0.29, 0.717) is 12.0 Å². The van der Waals surface area contributed by atoms with Gasteiger partial charge in [0, 0.05) is 12.1 Å². The molecule has 33 heavy (non-hydrogen) atoms. The summed E-state index contributed by atoms with van der Waals surface area (Å²) in [5.41, 5.74) is -0.519. The molecule has 0 aromatic heterocycles. The maximum absolute atomic E-state index is 13.2. The van der Waals surface area contributed by atoms with E-state index in [-0.39, 0.29) is 22.7 Å². The van der Waals surface area contributed by atoms with Gasteiger partial charge in [-0.3, -0.25) is 14.5 Å². The molecular weight excluding hydrogens is 430 g/mol. The van der Waals surface area contributed by atoms with Crippen molar-refractivity contribution in [3.8, 4) is 11.5 Å². The average Bonchev–Trinajstić information content (AvgIpc) is 3.08. The summed E-state index contributed by atoms with van der Waals surface area (Å²) >= 11 is 0. The van der Waals surface area contributed by atoms with Crippen LogP contribution in [0.2, 0.25) is 0 Å². The second-order valence-electron chi connectivity index (χ2n) is 7.24. The van der Waals surface area contributed by atoms with Gasteiger partial charge in [-0.15, -0.1) is 0 Å². The van der Waals surface area contributed by atoms with Crippen LogP contribution < -0.4 is 20.1 Å². The summed E-state index contributed by atoms with van der Waals surface area (Å²) in [6.07, 6.45) is 0.307. The fourth-order valence-corrected chi connectivity index (χ4v) is 3.73. The summed E-state index contributed by atoms with van der Waals surface area (Å²) in [4.78, 5) is 51.7. The average molecular weight is 455 g/mol. The van der Waals surface area contributed by atoms with Gasteiger partial charge >= 0.3 is 12.0 Å². The van der Waals surface area contributed by atoms with E-state index in [1.54, 1.807) is 37.3 Å². The molecular formula is C23H25N3O7. The van der Waals surface area contributed by atoms with Crippen molar-refractivity contribution < 1.29 is 33.4 Å². The summed E-state index contributed by atoms with van der Waals surface area (Å²) in [5.74, 6) is -1.40. The molecule has 1 aliphatic heterocycles. The van der Waals surface area contributed by atoms with Gasteiger partial charge in [0.25, 0.3) is 5.91 Å². The number of carbonyl (C=O) groups is 4. The lowest BCUT2D eigenvalue weighted by atomic mass is 9.87. The number of hydrogen-bond acceptors (Lipinski definition) is 7. The quantitative estimate of drug-likeness (QED) is 0.462. The van der Waals surface area contributed by atoms with Crippen molar-refractivity contribution in [2.45, 2.75) is 18.9 Å². The topological polar surface area (TPSA) is 123 Å².